The van der Waals surface area contributed by atoms with E-state index in [-0.39, 0.29) is 0 Å². The van der Waals surface area contributed by atoms with Gasteiger partial charge in [-0.1, -0.05) is 25.1 Å². The molecule has 1 aromatic rings. The summed E-state index contributed by atoms with van der Waals surface area (Å²) in [6.07, 6.45) is 10.3. The zero-order chi connectivity index (χ0) is 15.1. The van der Waals surface area contributed by atoms with Crippen LogP contribution in [0.2, 0.25) is 0 Å². The van der Waals surface area contributed by atoms with Gasteiger partial charge in [-0.05, 0) is 63.1 Å². The Balaban J connectivity index is 1.64. The average molecular weight is 290 g/mol. The highest BCUT2D eigenvalue weighted by Crippen LogP contribution is 2.32. The zero-order valence-corrected chi connectivity index (χ0v) is 13.1. The van der Waals surface area contributed by atoms with Crippen molar-refractivity contribution in [1.82, 2.24) is 0 Å². The molecule has 1 aliphatic heterocycles. The Morgan fingerprint density at radius 1 is 1.19 bits per heavy atom. The lowest BCUT2D eigenvalue weighted by Crippen LogP contribution is -2.21. The van der Waals surface area contributed by atoms with Crippen molar-refractivity contribution in [2.45, 2.75) is 58.0 Å². The number of hydrogen-bond acceptors (Lipinski definition) is 3. The molecule has 0 fully saturated rings. The highest BCUT2D eigenvalue weighted by Gasteiger charge is 2.15. The molecule has 0 bridgehead atoms. The molecule has 0 spiro atoms. The van der Waals surface area contributed by atoms with Gasteiger partial charge in [0.25, 0.3) is 0 Å². The second-order valence-corrected chi connectivity index (χ2v) is 5.94. The van der Waals surface area contributed by atoms with Crippen molar-refractivity contribution in [2.24, 2.45) is 0 Å². The summed E-state index contributed by atoms with van der Waals surface area (Å²) in [7, 11) is 0. The predicted octanol–water partition coefficient (Wildman–Crippen LogP) is 4.24. The van der Waals surface area contributed by atoms with Gasteiger partial charge in [-0.25, -0.2) is 0 Å². The molecule has 3 nitrogen and oxygen atoms in total. The number of ether oxygens (including phenoxy) is 2. The molecule has 1 unspecified atom stereocenters. The molecule has 1 atom stereocenters. The van der Waals surface area contributed by atoms with Crippen LogP contribution in [0.15, 0.2) is 30.4 Å². The van der Waals surface area contributed by atoms with Crippen LogP contribution in [0.3, 0.4) is 0 Å². The van der Waals surface area contributed by atoms with Crippen LogP contribution in [0.4, 0.5) is 0 Å². The Hall–Kier alpha value is -1.48. The Morgan fingerprint density at radius 2 is 1.95 bits per heavy atom. The number of benzene rings is 1. The highest BCUT2D eigenvalue weighted by atomic mass is 16.7. The molecule has 0 aliphatic carbocycles. The second-order valence-electron chi connectivity index (χ2n) is 5.94. The lowest BCUT2D eigenvalue weighted by molar-refractivity contribution is 0.0452. The molecule has 0 saturated heterocycles. The maximum absolute atomic E-state index is 9.91. The summed E-state index contributed by atoms with van der Waals surface area (Å²) in [5.74, 6) is 1.70. The fraction of sp³-hybridized carbons (Fsp3) is 0.556. The molecule has 2 rings (SSSR count). The Labute approximate surface area is 127 Å². The van der Waals surface area contributed by atoms with Gasteiger partial charge in [-0.15, -0.1) is 0 Å². The Bertz CT molecular complexity index is 477. The van der Waals surface area contributed by atoms with Crippen LogP contribution in [0.5, 0.6) is 11.5 Å². The van der Waals surface area contributed by atoms with Crippen molar-refractivity contribution >= 4 is 0 Å². The van der Waals surface area contributed by atoms with Gasteiger partial charge in [0.05, 0.1) is 5.60 Å². The van der Waals surface area contributed by atoms with Crippen molar-refractivity contribution < 1.29 is 14.6 Å². The van der Waals surface area contributed by atoms with Gasteiger partial charge in [0, 0.05) is 0 Å². The van der Waals surface area contributed by atoms with E-state index in [1.807, 2.05) is 19.9 Å². The molecular formula is C18H26O3. The summed E-state index contributed by atoms with van der Waals surface area (Å²) >= 11 is 0. The van der Waals surface area contributed by atoms with E-state index in [1.165, 1.54) is 5.56 Å². The molecule has 0 amide bonds. The lowest BCUT2D eigenvalue weighted by atomic mass is 9.96. The van der Waals surface area contributed by atoms with Crippen LogP contribution in [0.1, 0.15) is 51.5 Å². The van der Waals surface area contributed by atoms with E-state index in [0.29, 0.717) is 6.79 Å². The largest absolute Gasteiger partial charge is 0.454 e. The molecule has 1 heterocycles. The number of allylic oxidation sites excluding steroid dienone is 2. The SMILES string of the molecule is CCC(C)(O)CCCC=CCCc1ccc2c(c1)OCO2. The number of aliphatic hydroxyl groups is 1. The lowest BCUT2D eigenvalue weighted by Gasteiger charge is -2.20. The second kappa shape index (κ2) is 7.51. The van der Waals surface area contributed by atoms with E-state index in [0.717, 1.165) is 50.0 Å². The first-order valence-corrected chi connectivity index (χ1v) is 7.86. The van der Waals surface area contributed by atoms with E-state index >= 15 is 0 Å². The van der Waals surface area contributed by atoms with Crippen LogP contribution in [-0.2, 0) is 6.42 Å². The number of unbranched alkanes of at least 4 members (excludes halogenated alkanes) is 1. The van der Waals surface area contributed by atoms with E-state index in [4.69, 9.17) is 9.47 Å². The third-order valence-electron chi connectivity index (χ3n) is 4.05. The fourth-order valence-electron chi connectivity index (χ4n) is 2.36. The minimum atomic E-state index is -0.500. The maximum atomic E-state index is 9.91. The van der Waals surface area contributed by atoms with Crippen LogP contribution in [-0.4, -0.2) is 17.5 Å². The zero-order valence-electron chi connectivity index (χ0n) is 13.1. The summed E-state index contributed by atoms with van der Waals surface area (Å²) in [5, 5.41) is 9.91. The number of hydrogen-bond donors (Lipinski definition) is 1. The first-order valence-electron chi connectivity index (χ1n) is 7.86. The summed E-state index contributed by atoms with van der Waals surface area (Å²) in [4.78, 5) is 0. The first-order chi connectivity index (χ1) is 10.1. The number of aryl methyl sites for hydroxylation is 1. The maximum Gasteiger partial charge on any atom is 0.231 e. The van der Waals surface area contributed by atoms with Crippen molar-refractivity contribution in [3.8, 4) is 11.5 Å². The number of rotatable bonds is 8. The molecular weight excluding hydrogens is 264 g/mol. The Morgan fingerprint density at radius 3 is 2.76 bits per heavy atom. The summed E-state index contributed by atoms with van der Waals surface area (Å²) in [5.41, 5.74) is 0.776. The van der Waals surface area contributed by atoms with Crippen LogP contribution >= 0.6 is 0 Å². The molecule has 1 aliphatic rings. The van der Waals surface area contributed by atoms with Crippen molar-refractivity contribution in [1.29, 1.82) is 0 Å². The van der Waals surface area contributed by atoms with E-state index in [2.05, 4.69) is 24.3 Å². The van der Waals surface area contributed by atoms with Crippen molar-refractivity contribution in [3.63, 3.8) is 0 Å². The summed E-state index contributed by atoms with van der Waals surface area (Å²) in [6.45, 7) is 4.28. The number of fused-ring (bicyclic) bond motifs is 1. The van der Waals surface area contributed by atoms with E-state index in [1.54, 1.807) is 0 Å². The summed E-state index contributed by atoms with van der Waals surface area (Å²) < 4.78 is 10.7. The molecule has 0 saturated carbocycles. The predicted molar refractivity (Wildman–Crippen MR) is 84.8 cm³/mol. The molecule has 1 N–H and O–H groups in total. The van der Waals surface area contributed by atoms with Crippen molar-refractivity contribution in [3.05, 3.63) is 35.9 Å². The van der Waals surface area contributed by atoms with E-state index in [9.17, 15) is 5.11 Å². The van der Waals surface area contributed by atoms with Crippen LogP contribution in [0.25, 0.3) is 0 Å². The molecule has 0 aromatic heterocycles. The van der Waals surface area contributed by atoms with Gasteiger partial charge in [0.2, 0.25) is 6.79 Å². The monoisotopic (exact) mass is 290 g/mol. The van der Waals surface area contributed by atoms with Crippen LogP contribution in [0, 0.1) is 0 Å². The van der Waals surface area contributed by atoms with Gasteiger partial charge in [0.1, 0.15) is 0 Å². The standard InChI is InChI=1S/C18H26O3/c1-3-18(2,19)12-8-6-4-5-7-9-15-10-11-16-17(13-15)21-14-20-16/h4-5,10-11,13,19H,3,6-9,12,14H2,1-2H3. The van der Waals surface area contributed by atoms with Gasteiger partial charge in [-0.3, -0.25) is 0 Å². The smallest absolute Gasteiger partial charge is 0.231 e. The molecule has 116 valence electrons. The normalized spacial score (nSPS) is 16.3. The minimum Gasteiger partial charge on any atom is -0.454 e. The first kappa shape index (κ1) is 15.9. The minimum absolute atomic E-state index is 0.334. The quantitative estimate of drug-likeness (QED) is 0.575. The van der Waals surface area contributed by atoms with Crippen LogP contribution < -0.4 is 9.47 Å². The van der Waals surface area contributed by atoms with Crippen molar-refractivity contribution in [2.75, 3.05) is 6.79 Å². The third kappa shape index (κ3) is 5.09. The van der Waals surface area contributed by atoms with Gasteiger partial charge >= 0.3 is 0 Å². The molecule has 0 radical (unpaired) electrons. The molecule has 3 heteroatoms. The van der Waals surface area contributed by atoms with E-state index < -0.39 is 5.60 Å². The summed E-state index contributed by atoms with van der Waals surface area (Å²) in [6, 6.07) is 6.14. The van der Waals surface area contributed by atoms with Gasteiger partial charge in [0.15, 0.2) is 11.5 Å². The average Bonchev–Trinajstić information content (AvgIpc) is 2.93. The van der Waals surface area contributed by atoms with Gasteiger partial charge < -0.3 is 14.6 Å². The Kier molecular flexibility index (Phi) is 5.68. The fourth-order valence-corrected chi connectivity index (χ4v) is 2.36. The molecule has 21 heavy (non-hydrogen) atoms. The molecule has 1 aromatic carbocycles. The van der Waals surface area contributed by atoms with Gasteiger partial charge in [-0.2, -0.15) is 0 Å². The topological polar surface area (TPSA) is 38.7 Å². The highest BCUT2D eigenvalue weighted by molar-refractivity contribution is 5.44. The third-order valence-corrected chi connectivity index (χ3v) is 4.05.